The fraction of sp³-hybridized carbons (Fsp3) is 1.00. The minimum Gasteiger partial charge on any atom is -0.304 e. The van der Waals surface area contributed by atoms with E-state index in [-0.39, 0.29) is 0 Å². The molecule has 0 radical (unpaired) electrons. The molecule has 114 valence electrons. The van der Waals surface area contributed by atoms with Crippen LogP contribution in [0.15, 0.2) is 0 Å². The molecule has 1 unspecified atom stereocenters. The second kappa shape index (κ2) is 8.93. The van der Waals surface area contributed by atoms with E-state index in [2.05, 4.69) is 49.4 Å². The van der Waals surface area contributed by atoms with Gasteiger partial charge in [0.15, 0.2) is 0 Å². The number of rotatable bonds is 3. The molecule has 0 aromatic heterocycles. The largest absolute Gasteiger partial charge is 0.304 e. The van der Waals surface area contributed by atoms with Gasteiger partial charge in [0.1, 0.15) is 0 Å². The monoisotopic (exact) mass is 269 g/mol. The third kappa shape index (κ3) is 6.24. The van der Waals surface area contributed by atoms with Gasteiger partial charge in [-0.05, 0) is 39.8 Å². The molecule has 0 aliphatic carbocycles. The van der Waals surface area contributed by atoms with Gasteiger partial charge in [0.05, 0.1) is 0 Å². The summed E-state index contributed by atoms with van der Waals surface area (Å²) in [5, 5.41) is 0. The van der Waals surface area contributed by atoms with Gasteiger partial charge in [-0.15, -0.1) is 0 Å². The smallest absolute Gasteiger partial charge is 0.0110 e. The molecule has 0 spiro atoms. The first-order chi connectivity index (χ1) is 9.06. The Bertz CT molecular complexity index is 222. The van der Waals surface area contributed by atoms with Crippen LogP contribution in [0.4, 0.5) is 0 Å². The summed E-state index contributed by atoms with van der Waals surface area (Å²) in [6, 6.07) is 0.734. The number of hydrogen-bond acceptors (Lipinski definition) is 3. The van der Waals surface area contributed by atoms with Crippen molar-refractivity contribution in [3.8, 4) is 0 Å². The molecule has 0 bridgehead atoms. The number of piperazine rings is 1. The van der Waals surface area contributed by atoms with Gasteiger partial charge in [0, 0.05) is 45.3 Å². The maximum atomic E-state index is 2.66. The zero-order valence-electron chi connectivity index (χ0n) is 13.9. The van der Waals surface area contributed by atoms with Gasteiger partial charge in [-0.3, -0.25) is 0 Å². The highest BCUT2D eigenvalue weighted by atomic mass is 15.3. The fourth-order valence-electron chi connectivity index (χ4n) is 2.88. The molecule has 2 aliphatic rings. The lowest BCUT2D eigenvalue weighted by Crippen LogP contribution is -2.46. The van der Waals surface area contributed by atoms with Gasteiger partial charge in [-0.1, -0.05) is 20.3 Å². The number of hydrogen-bond donors (Lipinski definition) is 0. The number of likely N-dealkylation sites (N-methyl/N-ethyl adjacent to an activating group) is 1. The maximum Gasteiger partial charge on any atom is 0.0110 e. The van der Waals surface area contributed by atoms with E-state index in [0.717, 1.165) is 12.0 Å². The van der Waals surface area contributed by atoms with Crippen molar-refractivity contribution in [2.75, 3.05) is 52.9 Å². The Labute approximate surface area is 120 Å². The van der Waals surface area contributed by atoms with Crippen LogP contribution in [0.5, 0.6) is 0 Å². The van der Waals surface area contributed by atoms with E-state index in [1.54, 1.807) is 0 Å². The van der Waals surface area contributed by atoms with E-state index in [9.17, 15) is 0 Å². The fourth-order valence-corrected chi connectivity index (χ4v) is 2.88. The Morgan fingerprint density at radius 2 is 1.58 bits per heavy atom. The molecule has 2 saturated heterocycles. The zero-order valence-corrected chi connectivity index (χ0v) is 13.9. The highest BCUT2D eigenvalue weighted by molar-refractivity contribution is 4.81. The van der Waals surface area contributed by atoms with E-state index < -0.39 is 0 Å². The first kappa shape index (κ1) is 16.9. The van der Waals surface area contributed by atoms with Crippen LogP contribution in [0.25, 0.3) is 0 Å². The lowest BCUT2D eigenvalue weighted by atomic mass is 10.1. The molecule has 0 saturated carbocycles. The SMILES string of the molecule is CC(C)N1CCC(CN2CCN(C)CC2)C1.CCC. The van der Waals surface area contributed by atoms with Gasteiger partial charge in [-0.2, -0.15) is 0 Å². The summed E-state index contributed by atoms with van der Waals surface area (Å²) in [6.45, 7) is 17.9. The second-order valence-corrected chi connectivity index (χ2v) is 6.55. The van der Waals surface area contributed by atoms with E-state index in [1.807, 2.05) is 0 Å². The molecular weight excluding hydrogens is 234 g/mol. The first-order valence-corrected chi connectivity index (χ1v) is 8.21. The summed E-state index contributed by atoms with van der Waals surface area (Å²) in [5.74, 6) is 0.922. The molecule has 2 fully saturated rings. The van der Waals surface area contributed by atoms with E-state index in [1.165, 1.54) is 58.7 Å². The van der Waals surface area contributed by atoms with Crippen LogP contribution in [0.2, 0.25) is 0 Å². The molecule has 3 heteroatoms. The summed E-state index contributed by atoms with van der Waals surface area (Å²) in [7, 11) is 2.23. The van der Waals surface area contributed by atoms with E-state index in [0.29, 0.717) is 0 Å². The molecule has 0 aromatic carbocycles. The molecular formula is C16H35N3. The Morgan fingerprint density at radius 3 is 2.05 bits per heavy atom. The molecule has 3 nitrogen and oxygen atoms in total. The minimum atomic E-state index is 0.734. The third-order valence-corrected chi connectivity index (χ3v) is 4.16. The highest BCUT2D eigenvalue weighted by Crippen LogP contribution is 2.19. The van der Waals surface area contributed by atoms with Crippen LogP contribution in [-0.4, -0.2) is 73.6 Å². The van der Waals surface area contributed by atoms with Gasteiger partial charge in [0.25, 0.3) is 0 Å². The van der Waals surface area contributed by atoms with Crippen LogP contribution >= 0.6 is 0 Å². The van der Waals surface area contributed by atoms with Crippen molar-refractivity contribution in [3.05, 3.63) is 0 Å². The normalized spacial score (nSPS) is 26.5. The topological polar surface area (TPSA) is 9.72 Å². The Hall–Kier alpha value is -0.120. The highest BCUT2D eigenvalue weighted by Gasteiger charge is 2.26. The molecule has 2 rings (SSSR count). The van der Waals surface area contributed by atoms with Crippen molar-refractivity contribution in [2.24, 2.45) is 5.92 Å². The molecule has 1 atom stereocenters. The summed E-state index contributed by atoms with van der Waals surface area (Å²) in [4.78, 5) is 7.72. The standard InChI is InChI=1S/C13H27N3.C3H8/c1-12(2)16-5-4-13(11-16)10-15-8-6-14(3)7-9-15;1-3-2/h12-13H,4-11H2,1-3H3;3H2,1-2H3. The summed E-state index contributed by atoms with van der Waals surface area (Å²) in [6.07, 6.45) is 2.66. The quantitative estimate of drug-likeness (QED) is 0.779. The van der Waals surface area contributed by atoms with Crippen LogP contribution in [0, 0.1) is 5.92 Å². The predicted molar refractivity (Wildman–Crippen MR) is 84.7 cm³/mol. The van der Waals surface area contributed by atoms with Crippen molar-refractivity contribution in [1.82, 2.24) is 14.7 Å². The second-order valence-electron chi connectivity index (χ2n) is 6.55. The Kier molecular flexibility index (Phi) is 7.96. The molecule has 0 aromatic rings. The predicted octanol–water partition coefficient (Wildman–Crippen LogP) is 2.38. The lowest BCUT2D eigenvalue weighted by molar-refractivity contribution is 0.135. The summed E-state index contributed by atoms with van der Waals surface area (Å²) >= 11 is 0. The first-order valence-electron chi connectivity index (χ1n) is 8.21. The minimum absolute atomic E-state index is 0.734. The average molecular weight is 269 g/mol. The van der Waals surface area contributed by atoms with E-state index in [4.69, 9.17) is 0 Å². The molecule has 2 heterocycles. The van der Waals surface area contributed by atoms with Crippen LogP contribution in [0.1, 0.15) is 40.5 Å². The van der Waals surface area contributed by atoms with Crippen LogP contribution in [0.3, 0.4) is 0 Å². The molecule has 19 heavy (non-hydrogen) atoms. The van der Waals surface area contributed by atoms with Gasteiger partial charge < -0.3 is 14.7 Å². The number of likely N-dealkylation sites (tertiary alicyclic amines) is 1. The third-order valence-electron chi connectivity index (χ3n) is 4.16. The molecule has 0 N–H and O–H groups in total. The van der Waals surface area contributed by atoms with Crippen molar-refractivity contribution in [2.45, 2.75) is 46.6 Å². The Morgan fingerprint density at radius 1 is 1.00 bits per heavy atom. The Balaban J connectivity index is 0.000000550. The number of nitrogens with zero attached hydrogens (tertiary/aromatic N) is 3. The van der Waals surface area contributed by atoms with Gasteiger partial charge >= 0.3 is 0 Å². The van der Waals surface area contributed by atoms with Gasteiger partial charge in [0.2, 0.25) is 0 Å². The van der Waals surface area contributed by atoms with Crippen molar-refractivity contribution in [3.63, 3.8) is 0 Å². The molecule has 2 aliphatic heterocycles. The van der Waals surface area contributed by atoms with Crippen molar-refractivity contribution in [1.29, 1.82) is 0 Å². The van der Waals surface area contributed by atoms with Crippen LogP contribution < -0.4 is 0 Å². The summed E-state index contributed by atoms with van der Waals surface area (Å²) in [5.41, 5.74) is 0. The van der Waals surface area contributed by atoms with Crippen molar-refractivity contribution < 1.29 is 0 Å². The van der Waals surface area contributed by atoms with Crippen molar-refractivity contribution >= 4 is 0 Å². The average Bonchev–Trinajstić information content (AvgIpc) is 2.82. The van der Waals surface area contributed by atoms with Crippen LogP contribution in [-0.2, 0) is 0 Å². The summed E-state index contributed by atoms with van der Waals surface area (Å²) < 4.78 is 0. The zero-order chi connectivity index (χ0) is 14.3. The molecule has 0 amide bonds. The lowest BCUT2D eigenvalue weighted by Gasteiger charge is -2.34. The maximum absolute atomic E-state index is 2.66. The van der Waals surface area contributed by atoms with Gasteiger partial charge in [-0.25, -0.2) is 0 Å². The van der Waals surface area contributed by atoms with E-state index >= 15 is 0 Å².